The van der Waals surface area contributed by atoms with E-state index in [2.05, 4.69) is 15.9 Å². The van der Waals surface area contributed by atoms with E-state index in [4.69, 9.17) is 15.3 Å². The normalized spacial score (nSPS) is 9.28. The fourth-order valence-electron chi connectivity index (χ4n) is 1.45. The van der Waals surface area contributed by atoms with Gasteiger partial charge in [0.2, 0.25) is 0 Å². The average Bonchev–Trinajstić information content (AvgIpc) is 2.41. The van der Waals surface area contributed by atoms with Gasteiger partial charge in [-0.25, -0.2) is 0 Å². The first-order valence-electron chi connectivity index (χ1n) is 5.11. The van der Waals surface area contributed by atoms with Crippen molar-refractivity contribution in [3.05, 3.63) is 58.1 Å². The summed E-state index contributed by atoms with van der Waals surface area (Å²) in [4.78, 5) is 0. The third-order valence-corrected chi connectivity index (χ3v) is 2.83. The van der Waals surface area contributed by atoms with Crippen LogP contribution in [0.25, 0.3) is 0 Å². The lowest BCUT2D eigenvalue weighted by atomic mass is 10.1. The second kappa shape index (κ2) is 5.35. The van der Waals surface area contributed by atoms with Gasteiger partial charge >= 0.3 is 0 Å². The molecular weight excluding hydrogens is 292 g/mol. The molecule has 0 aliphatic carbocycles. The van der Waals surface area contributed by atoms with Gasteiger partial charge in [0.25, 0.3) is 0 Å². The number of ether oxygens (including phenoxy) is 1. The molecule has 0 radical (unpaired) electrons. The quantitative estimate of drug-likeness (QED) is 0.842. The predicted octanol–water partition coefficient (Wildman–Crippen LogP) is 3.98. The van der Waals surface area contributed by atoms with Gasteiger partial charge in [0, 0.05) is 4.47 Å². The minimum atomic E-state index is 0.253. The van der Waals surface area contributed by atoms with Crippen molar-refractivity contribution in [2.45, 2.75) is 0 Å². The molecule has 18 heavy (non-hydrogen) atoms. The largest absolute Gasteiger partial charge is 0.456 e. The SMILES string of the molecule is N#Cc1cccc(Oc2ccc(Br)cc2)c1C#N. The van der Waals surface area contributed by atoms with Crippen molar-refractivity contribution in [2.75, 3.05) is 0 Å². The Morgan fingerprint density at radius 1 is 0.944 bits per heavy atom. The van der Waals surface area contributed by atoms with Gasteiger partial charge in [-0.2, -0.15) is 10.5 Å². The van der Waals surface area contributed by atoms with Crippen molar-refractivity contribution < 1.29 is 4.74 Å². The van der Waals surface area contributed by atoms with Crippen LogP contribution < -0.4 is 4.74 Å². The number of hydrogen-bond acceptors (Lipinski definition) is 3. The van der Waals surface area contributed by atoms with Gasteiger partial charge in [0.1, 0.15) is 29.2 Å². The maximum atomic E-state index is 9.06. The molecule has 0 saturated carbocycles. The number of nitriles is 2. The molecule has 0 amide bonds. The van der Waals surface area contributed by atoms with Crippen LogP contribution >= 0.6 is 15.9 Å². The first-order valence-corrected chi connectivity index (χ1v) is 5.90. The van der Waals surface area contributed by atoms with Crippen LogP contribution in [0.4, 0.5) is 0 Å². The van der Waals surface area contributed by atoms with Crippen molar-refractivity contribution in [1.29, 1.82) is 10.5 Å². The summed E-state index contributed by atoms with van der Waals surface area (Å²) in [7, 11) is 0. The van der Waals surface area contributed by atoms with Crippen molar-refractivity contribution in [3.8, 4) is 23.6 Å². The topological polar surface area (TPSA) is 56.8 Å². The van der Waals surface area contributed by atoms with Crippen molar-refractivity contribution in [3.63, 3.8) is 0 Å². The predicted molar refractivity (Wildman–Crippen MR) is 70.1 cm³/mol. The Kier molecular flexibility index (Phi) is 3.62. The number of nitrogens with zero attached hydrogens (tertiary/aromatic N) is 2. The van der Waals surface area contributed by atoms with Crippen LogP contribution in [0, 0.1) is 22.7 Å². The molecule has 0 fully saturated rings. The van der Waals surface area contributed by atoms with Gasteiger partial charge in [0.15, 0.2) is 0 Å². The zero-order valence-corrected chi connectivity index (χ0v) is 10.8. The second-order valence-electron chi connectivity index (χ2n) is 3.46. The molecule has 0 atom stereocenters. The van der Waals surface area contributed by atoms with Gasteiger partial charge in [-0.05, 0) is 36.4 Å². The molecule has 0 bridgehead atoms. The number of rotatable bonds is 2. The standard InChI is InChI=1S/C14H7BrN2O/c15-11-4-6-12(7-5-11)18-14-3-1-2-10(8-16)13(14)9-17/h1-7H. The fourth-order valence-corrected chi connectivity index (χ4v) is 1.72. The van der Waals surface area contributed by atoms with E-state index in [0.29, 0.717) is 17.1 Å². The van der Waals surface area contributed by atoms with E-state index >= 15 is 0 Å². The van der Waals surface area contributed by atoms with E-state index in [1.165, 1.54) is 0 Å². The maximum Gasteiger partial charge on any atom is 0.146 e. The Labute approximate surface area is 113 Å². The number of halogens is 1. The van der Waals surface area contributed by atoms with Crippen molar-refractivity contribution in [1.82, 2.24) is 0 Å². The summed E-state index contributed by atoms with van der Waals surface area (Å²) in [6.45, 7) is 0. The average molecular weight is 299 g/mol. The van der Waals surface area contributed by atoms with Crippen LogP contribution in [0.1, 0.15) is 11.1 Å². The molecule has 0 saturated heterocycles. The molecule has 0 aromatic heterocycles. The molecule has 0 spiro atoms. The van der Waals surface area contributed by atoms with Crippen molar-refractivity contribution >= 4 is 15.9 Å². The zero-order chi connectivity index (χ0) is 13.0. The zero-order valence-electron chi connectivity index (χ0n) is 9.22. The highest BCUT2D eigenvalue weighted by atomic mass is 79.9. The summed E-state index contributed by atoms with van der Waals surface area (Å²) >= 11 is 3.33. The van der Waals surface area contributed by atoms with E-state index < -0.39 is 0 Å². The summed E-state index contributed by atoms with van der Waals surface area (Å²) in [5.74, 6) is 1.00. The summed E-state index contributed by atoms with van der Waals surface area (Å²) < 4.78 is 6.55. The summed E-state index contributed by atoms with van der Waals surface area (Å²) in [5, 5.41) is 18.0. The van der Waals surface area contributed by atoms with Crippen LogP contribution in [0.3, 0.4) is 0 Å². The first kappa shape index (κ1) is 12.2. The summed E-state index contributed by atoms with van der Waals surface area (Å²) in [6.07, 6.45) is 0. The van der Waals surface area contributed by atoms with Gasteiger partial charge in [-0.1, -0.05) is 22.0 Å². The lowest BCUT2D eigenvalue weighted by Gasteiger charge is -2.07. The Hall–Kier alpha value is -2.30. The third-order valence-electron chi connectivity index (χ3n) is 2.30. The molecule has 86 valence electrons. The molecule has 3 nitrogen and oxygen atoms in total. The molecule has 0 heterocycles. The van der Waals surface area contributed by atoms with Crippen LogP contribution in [0.15, 0.2) is 46.9 Å². The minimum Gasteiger partial charge on any atom is -0.456 e. The number of benzene rings is 2. The molecule has 4 heteroatoms. The molecule has 0 N–H and O–H groups in total. The Morgan fingerprint density at radius 2 is 1.67 bits per heavy atom. The molecule has 2 rings (SSSR count). The van der Waals surface area contributed by atoms with E-state index in [-0.39, 0.29) is 5.56 Å². The van der Waals surface area contributed by atoms with E-state index in [1.807, 2.05) is 24.3 Å². The van der Waals surface area contributed by atoms with E-state index in [9.17, 15) is 0 Å². The second-order valence-corrected chi connectivity index (χ2v) is 4.37. The monoisotopic (exact) mass is 298 g/mol. The number of hydrogen-bond donors (Lipinski definition) is 0. The van der Waals surface area contributed by atoms with Gasteiger partial charge in [0.05, 0.1) is 5.56 Å². The lowest BCUT2D eigenvalue weighted by molar-refractivity contribution is 0.481. The molecule has 0 aliphatic rings. The van der Waals surface area contributed by atoms with Crippen LogP contribution in [0.2, 0.25) is 0 Å². The summed E-state index contributed by atoms with van der Waals surface area (Å²) in [6, 6.07) is 16.2. The van der Waals surface area contributed by atoms with Gasteiger partial charge < -0.3 is 4.74 Å². The Balaban J connectivity index is 2.38. The van der Waals surface area contributed by atoms with Crippen molar-refractivity contribution in [2.24, 2.45) is 0 Å². The van der Waals surface area contributed by atoms with Crippen LogP contribution in [-0.4, -0.2) is 0 Å². The highest BCUT2D eigenvalue weighted by Gasteiger charge is 2.09. The van der Waals surface area contributed by atoms with E-state index in [1.54, 1.807) is 30.3 Å². The lowest BCUT2D eigenvalue weighted by Crippen LogP contribution is -1.91. The highest BCUT2D eigenvalue weighted by molar-refractivity contribution is 9.10. The van der Waals surface area contributed by atoms with Crippen LogP contribution in [-0.2, 0) is 0 Å². The maximum absolute atomic E-state index is 9.06. The van der Waals surface area contributed by atoms with Gasteiger partial charge in [-0.3, -0.25) is 0 Å². The van der Waals surface area contributed by atoms with Crippen LogP contribution in [0.5, 0.6) is 11.5 Å². The molecule has 2 aromatic rings. The molecule has 0 unspecified atom stereocenters. The highest BCUT2D eigenvalue weighted by Crippen LogP contribution is 2.27. The first-order chi connectivity index (χ1) is 8.74. The Morgan fingerprint density at radius 3 is 2.28 bits per heavy atom. The molecular formula is C14H7BrN2O. The van der Waals surface area contributed by atoms with E-state index in [0.717, 1.165) is 4.47 Å². The fraction of sp³-hybridized carbons (Fsp3) is 0. The molecule has 2 aromatic carbocycles. The smallest absolute Gasteiger partial charge is 0.146 e. The minimum absolute atomic E-state index is 0.253. The summed E-state index contributed by atoms with van der Waals surface area (Å²) in [5.41, 5.74) is 0.565. The van der Waals surface area contributed by atoms with Gasteiger partial charge in [-0.15, -0.1) is 0 Å². The Bertz CT molecular complexity index is 651. The third kappa shape index (κ3) is 2.51. The molecule has 0 aliphatic heterocycles.